The molecule has 9 heteroatoms. The fraction of sp³-hybridized carbons (Fsp3) is 0.400. The van der Waals surface area contributed by atoms with Crippen LogP contribution >= 0.6 is 7.60 Å². The second kappa shape index (κ2) is 10.6. The molecule has 0 N–H and O–H groups in total. The predicted molar refractivity (Wildman–Crippen MR) is 132 cm³/mol. The zero-order chi connectivity index (χ0) is 25.0. The summed E-state index contributed by atoms with van der Waals surface area (Å²) in [5, 5.41) is 11.9. The van der Waals surface area contributed by atoms with Crippen LogP contribution in [0.15, 0.2) is 71.6 Å². The fourth-order valence-electron chi connectivity index (χ4n) is 4.10. The van der Waals surface area contributed by atoms with Gasteiger partial charge in [-0.15, -0.1) is 0 Å². The van der Waals surface area contributed by atoms with Gasteiger partial charge in [0, 0.05) is 48.4 Å². The van der Waals surface area contributed by atoms with Crippen LogP contribution in [0, 0.1) is 10.1 Å². The monoisotopic (exact) mass is 485 g/mol. The number of hydrogen-bond donors (Lipinski definition) is 0. The molecule has 0 bridgehead atoms. The number of nitro benzene ring substituents is 1. The summed E-state index contributed by atoms with van der Waals surface area (Å²) in [5.41, 5.74) is 3.30. The third-order valence-electron chi connectivity index (χ3n) is 5.40. The molecule has 182 valence electrons. The minimum Gasteiger partial charge on any atom is -0.344 e. The summed E-state index contributed by atoms with van der Waals surface area (Å²) in [6, 6.07) is 10.3. The first-order valence-electron chi connectivity index (χ1n) is 11.3. The number of non-ortho nitro benzene ring substituents is 1. The molecule has 0 saturated heterocycles. The summed E-state index contributed by atoms with van der Waals surface area (Å²) < 4.78 is 26.4. The maximum atomic E-state index is 14.4. The van der Waals surface area contributed by atoms with Gasteiger partial charge in [0.2, 0.25) is 0 Å². The van der Waals surface area contributed by atoms with Crippen LogP contribution in [0.1, 0.15) is 58.6 Å². The number of pyridine rings is 1. The molecule has 8 nitrogen and oxygen atoms in total. The second-order valence-electron chi connectivity index (χ2n) is 8.86. The Balaban J connectivity index is 2.20. The molecule has 0 amide bonds. The van der Waals surface area contributed by atoms with Gasteiger partial charge in [0.25, 0.3) is 5.69 Å². The Morgan fingerprint density at radius 2 is 1.79 bits per heavy atom. The van der Waals surface area contributed by atoms with E-state index in [0.29, 0.717) is 17.4 Å². The first kappa shape index (κ1) is 25.8. The van der Waals surface area contributed by atoms with E-state index in [1.165, 1.54) is 12.1 Å². The van der Waals surface area contributed by atoms with Crippen LogP contribution in [0.3, 0.4) is 0 Å². The molecule has 1 aromatic carbocycles. The van der Waals surface area contributed by atoms with Crippen LogP contribution in [0.5, 0.6) is 0 Å². The third kappa shape index (κ3) is 5.81. The number of allylic oxidation sites excluding steroid dienone is 4. The molecule has 1 atom stereocenters. The smallest absolute Gasteiger partial charge is 0.344 e. The summed E-state index contributed by atoms with van der Waals surface area (Å²) in [7, 11) is -3.78. The van der Waals surface area contributed by atoms with Gasteiger partial charge >= 0.3 is 7.60 Å². The lowest BCUT2D eigenvalue weighted by Gasteiger charge is -2.38. The molecule has 1 aromatic heterocycles. The average molecular weight is 486 g/mol. The van der Waals surface area contributed by atoms with Crippen molar-refractivity contribution in [2.24, 2.45) is 0 Å². The largest absolute Gasteiger partial charge is 0.360 e. The van der Waals surface area contributed by atoms with Crippen LogP contribution in [-0.4, -0.2) is 27.0 Å². The lowest BCUT2D eigenvalue weighted by Crippen LogP contribution is -2.27. The van der Waals surface area contributed by atoms with E-state index in [2.05, 4.69) is 9.88 Å². The molecule has 1 unspecified atom stereocenters. The van der Waals surface area contributed by atoms with Crippen molar-refractivity contribution >= 4 is 13.3 Å². The van der Waals surface area contributed by atoms with Crippen molar-refractivity contribution in [1.82, 2.24) is 9.88 Å². The number of benzene rings is 1. The maximum Gasteiger partial charge on any atom is 0.360 e. The number of rotatable bonds is 9. The van der Waals surface area contributed by atoms with E-state index < -0.39 is 18.4 Å². The predicted octanol–water partition coefficient (Wildman–Crippen LogP) is 6.77. The maximum absolute atomic E-state index is 14.4. The van der Waals surface area contributed by atoms with Gasteiger partial charge in [-0.1, -0.05) is 24.3 Å². The van der Waals surface area contributed by atoms with Gasteiger partial charge in [0.15, 0.2) is 0 Å². The molecular weight excluding hydrogens is 453 g/mol. The van der Waals surface area contributed by atoms with E-state index in [-0.39, 0.29) is 17.9 Å². The Morgan fingerprint density at radius 1 is 1.12 bits per heavy atom. The van der Waals surface area contributed by atoms with Crippen molar-refractivity contribution in [3.8, 4) is 0 Å². The quantitative estimate of drug-likeness (QED) is 0.220. The highest BCUT2D eigenvalue weighted by molar-refractivity contribution is 7.58. The highest BCUT2D eigenvalue weighted by atomic mass is 31.2. The van der Waals surface area contributed by atoms with E-state index in [1.807, 2.05) is 59.8 Å². The fourth-order valence-corrected chi connectivity index (χ4v) is 6.57. The van der Waals surface area contributed by atoms with E-state index in [0.717, 1.165) is 17.0 Å². The molecule has 1 aliphatic rings. The average Bonchev–Trinajstić information content (AvgIpc) is 2.75. The first-order chi connectivity index (χ1) is 16.0. The van der Waals surface area contributed by atoms with Gasteiger partial charge in [0.1, 0.15) is 0 Å². The molecule has 0 saturated carbocycles. The number of aromatic nitrogens is 1. The molecule has 0 fully saturated rings. The van der Waals surface area contributed by atoms with Crippen molar-refractivity contribution in [1.29, 1.82) is 0 Å². The Labute approximate surface area is 201 Å². The summed E-state index contributed by atoms with van der Waals surface area (Å²) in [4.78, 5) is 17.3. The zero-order valence-electron chi connectivity index (χ0n) is 20.5. The number of hydrogen-bond acceptors (Lipinski definition) is 7. The van der Waals surface area contributed by atoms with Gasteiger partial charge in [-0.25, -0.2) is 0 Å². The highest BCUT2D eigenvalue weighted by Gasteiger charge is 2.42. The van der Waals surface area contributed by atoms with Gasteiger partial charge < -0.3 is 13.9 Å². The van der Waals surface area contributed by atoms with Crippen molar-refractivity contribution in [2.45, 2.75) is 66.2 Å². The molecule has 2 heterocycles. The summed E-state index contributed by atoms with van der Waals surface area (Å²) in [5.74, 6) is -0.506. The highest BCUT2D eigenvalue weighted by Crippen LogP contribution is 2.65. The standard InChI is InChI=1S/C25H32N3O5P/c1-17(2)32-34(31,33-18(3)4)25-20(6)27(16-21-9-8-12-26-15-21)19(5)13-24(25)22-10-7-11-23(14-22)28(29)30/h7-15,17-18,24H,16H2,1-6H3. The van der Waals surface area contributed by atoms with Crippen molar-refractivity contribution in [2.75, 3.05) is 0 Å². The lowest BCUT2D eigenvalue weighted by atomic mass is 9.93. The Bertz CT molecular complexity index is 1130. The molecule has 0 spiro atoms. The third-order valence-corrected chi connectivity index (χ3v) is 7.99. The van der Waals surface area contributed by atoms with Crippen LogP contribution < -0.4 is 0 Å². The number of nitro groups is 1. The number of nitrogens with zero attached hydrogens (tertiary/aromatic N) is 3. The molecule has 0 radical (unpaired) electrons. The molecule has 34 heavy (non-hydrogen) atoms. The van der Waals surface area contributed by atoms with E-state index >= 15 is 0 Å². The van der Waals surface area contributed by atoms with E-state index in [4.69, 9.17) is 9.05 Å². The topological polar surface area (TPSA) is 94.8 Å². The lowest BCUT2D eigenvalue weighted by molar-refractivity contribution is -0.384. The summed E-state index contributed by atoms with van der Waals surface area (Å²) in [6.45, 7) is 11.6. The molecule has 0 aliphatic carbocycles. The van der Waals surface area contributed by atoms with Gasteiger partial charge in [0.05, 0.1) is 22.4 Å². The molecule has 3 rings (SSSR count). The Morgan fingerprint density at radius 3 is 2.35 bits per heavy atom. The normalized spacial score (nSPS) is 16.9. The van der Waals surface area contributed by atoms with Crippen molar-refractivity contribution in [3.05, 3.63) is 92.8 Å². The Hall–Kier alpha value is -2.80. The summed E-state index contributed by atoms with van der Waals surface area (Å²) >= 11 is 0. The van der Waals surface area contributed by atoms with E-state index in [1.54, 1.807) is 24.5 Å². The molecule has 1 aliphatic heterocycles. The van der Waals surface area contributed by atoms with Gasteiger partial charge in [-0.3, -0.25) is 19.7 Å². The zero-order valence-corrected chi connectivity index (χ0v) is 21.4. The van der Waals surface area contributed by atoms with Crippen molar-refractivity contribution in [3.63, 3.8) is 0 Å². The molecule has 2 aromatic rings. The van der Waals surface area contributed by atoms with Crippen LogP contribution in [0.2, 0.25) is 0 Å². The summed E-state index contributed by atoms with van der Waals surface area (Å²) in [6.07, 6.45) is 4.78. The van der Waals surface area contributed by atoms with E-state index in [9.17, 15) is 14.7 Å². The van der Waals surface area contributed by atoms with Crippen LogP contribution in [0.25, 0.3) is 0 Å². The first-order valence-corrected chi connectivity index (χ1v) is 12.8. The minimum atomic E-state index is -3.78. The second-order valence-corrected chi connectivity index (χ2v) is 10.8. The minimum absolute atomic E-state index is 0.0252. The Kier molecular flexibility index (Phi) is 8.08. The SMILES string of the molecule is CC1=CC(c2cccc([N+](=O)[O-])c2)C(P(=O)(OC(C)C)OC(C)C)=C(C)N1Cc1cccnc1. The van der Waals surface area contributed by atoms with Gasteiger partial charge in [-0.05, 0) is 58.7 Å². The van der Waals surface area contributed by atoms with Gasteiger partial charge in [-0.2, -0.15) is 0 Å². The van der Waals surface area contributed by atoms with Crippen LogP contribution in [-0.2, 0) is 20.2 Å². The van der Waals surface area contributed by atoms with Crippen LogP contribution in [0.4, 0.5) is 5.69 Å². The molecular formula is C25H32N3O5P. The van der Waals surface area contributed by atoms with Crippen molar-refractivity contribution < 1.29 is 18.5 Å².